The molecule has 0 aliphatic carbocycles. The molecule has 108 valence electrons. The summed E-state index contributed by atoms with van der Waals surface area (Å²) in [5.41, 5.74) is 2.32. The lowest BCUT2D eigenvalue weighted by Crippen LogP contribution is -2.19. The lowest BCUT2D eigenvalue weighted by molar-refractivity contribution is 0.414. The summed E-state index contributed by atoms with van der Waals surface area (Å²) in [6, 6.07) is 8.08. The third kappa shape index (κ3) is 4.38. The van der Waals surface area contributed by atoms with Gasteiger partial charge in [0, 0.05) is 24.9 Å². The molecule has 0 saturated heterocycles. The van der Waals surface area contributed by atoms with Crippen molar-refractivity contribution in [1.82, 2.24) is 15.3 Å². The second kappa shape index (κ2) is 7.10. The topological polar surface area (TPSA) is 49.9 Å². The number of imidazole rings is 1. The smallest absolute Gasteiger partial charge is 0.119 e. The maximum Gasteiger partial charge on any atom is 0.119 e. The lowest BCUT2D eigenvalue weighted by atomic mass is 10.1. The Labute approximate surface area is 120 Å². The molecule has 0 radical (unpaired) electrons. The van der Waals surface area contributed by atoms with E-state index in [1.165, 1.54) is 5.56 Å². The molecule has 4 heteroatoms. The molecular weight excluding hydrogens is 250 g/mol. The van der Waals surface area contributed by atoms with E-state index in [2.05, 4.69) is 35.2 Å². The molecule has 1 heterocycles. The van der Waals surface area contributed by atoms with Crippen LogP contribution >= 0.6 is 0 Å². The van der Waals surface area contributed by atoms with Crippen LogP contribution in [0.4, 0.5) is 0 Å². The molecule has 2 N–H and O–H groups in total. The Bertz CT molecular complexity index is 534. The summed E-state index contributed by atoms with van der Waals surface area (Å²) in [6.45, 7) is 6.26. The van der Waals surface area contributed by atoms with Crippen molar-refractivity contribution in [3.63, 3.8) is 0 Å². The van der Waals surface area contributed by atoms with Crippen LogP contribution < -0.4 is 10.1 Å². The van der Waals surface area contributed by atoms with Gasteiger partial charge in [0.05, 0.1) is 7.11 Å². The average molecular weight is 273 g/mol. The summed E-state index contributed by atoms with van der Waals surface area (Å²) in [4.78, 5) is 7.79. The van der Waals surface area contributed by atoms with Gasteiger partial charge in [0.2, 0.25) is 0 Å². The number of aromatic nitrogens is 2. The summed E-state index contributed by atoms with van der Waals surface area (Å²) in [5.74, 6) is 2.53. The highest BCUT2D eigenvalue weighted by atomic mass is 16.5. The highest BCUT2D eigenvalue weighted by molar-refractivity contribution is 5.30. The number of benzene rings is 1. The maximum atomic E-state index is 5.23. The number of nitrogens with zero attached hydrogens (tertiary/aromatic N) is 1. The second-order valence-corrected chi connectivity index (χ2v) is 5.41. The molecule has 4 nitrogen and oxygen atoms in total. The molecule has 0 unspecified atom stereocenters. The number of rotatable bonds is 7. The molecule has 1 aromatic heterocycles. The molecule has 0 aliphatic heterocycles. The van der Waals surface area contributed by atoms with Crippen LogP contribution in [0.5, 0.6) is 5.75 Å². The molecule has 20 heavy (non-hydrogen) atoms. The highest BCUT2D eigenvalue weighted by Crippen LogP contribution is 2.15. The molecule has 0 amide bonds. The minimum absolute atomic E-state index is 0.661. The van der Waals surface area contributed by atoms with Crippen molar-refractivity contribution in [3.05, 3.63) is 47.5 Å². The minimum Gasteiger partial charge on any atom is -0.497 e. The van der Waals surface area contributed by atoms with Gasteiger partial charge in [0.15, 0.2) is 0 Å². The fraction of sp³-hybridized carbons (Fsp3) is 0.438. The van der Waals surface area contributed by atoms with Crippen molar-refractivity contribution in [2.45, 2.75) is 26.8 Å². The van der Waals surface area contributed by atoms with Crippen LogP contribution in [0, 0.1) is 5.92 Å². The van der Waals surface area contributed by atoms with Crippen LogP contribution in [0.1, 0.15) is 30.9 Å². The normalized spacial score (nSPS) is 11.0. The van der Waals surface area contributed by atoms with E-state index >= 15 is 0 Å². The Hall–Kier alpha value is -1.81. The largest absolute Gasteiger partial charge is 0.497 e. The molecule has 2 rings (SSSR count). The van der Waals surface area contributed by atoms with Crippen molar-refractivity contribution in [1.29, 1.82) is 0 Å². The van der Waals surface area contributed by atoms with Crippen molar-refractivity contribution in [2.75, 3.05) is 13.7 Å². The van der Waals surface area contributed by atoms with Crippen LogP contribution in [-0.4, -0.2) is 23.6 Å². The van der Waals surface area contributed by atoms with Gasteiger partial charge in [0.25, 0.3) is 0 Å². The molecule has 0 atom stereocenters. The van der Waals surface area contributed by atoms with Gasteiger partial charge in [-0.05, 0) is 30.2 Å². The van der Waals surface area contributed by atoms with Crippen LogP contribution in [0.2, 0.25) is 0 Å². The van der Waals surface area contributed by atoms with Gasteiger partial charge in [-0.1, -0.05) is 26.0 Å². The van der Waals surface area contributed by atoms with Crippen molar-refractivity contribution in [2.24, 2.45) is 5.92 Å². The summed E-state index contributed by atoms with van der Waals surface area (Å²) in [7, 11) is 1.69. The summed E-state index contributed by atoms with van der Waals surface area (Å²) >= 11 is 0. The van der Waals surface area contributed by atoms with E-state index in [4.69, 9.17) is 4.74 Å². The average Bonchev–Trinajstić information content (AvgIpc) is 2.86. The monoisotopic (exact) mass is 273 g/mol. The first-order valence-corrected chi connectivity index (χ1v) is 7.03. The van der Waals surface area contributed by atoms with Gasteiger partial charge in [-0.15, -0.1) is 0 Å². The summed E-state index contributed by atoms with van der Waals surface area (Å²) in [6.07, 6.45) is 2.70. The third-order valence-corrected chi connectivity index (χ3v) is 3.05. The zero-order chi connectivity index (χ0) is 14.4. The van der Waals surface area contributed by atoms with Crippen LogP contribution in [0.25, 0.3) is 0 Å². The Morgan fingerprint density at radius 1 is 1.35 bits per heavy atom. The Balaban J connectivity index is 1.91. The predicted octanol–water partition coefficient (Wildman–Crippen LogP) is 2.75. The fourth-order valence-electron chi connectivity index (χ4n) is 2.06. The lowest BCUT2D eigenvalue weighted by Gasteiger charge is -2.05. The van der Waals surface area contributed by atoms with Gasteiger partial charge in [-0.25, -0.2) is 4.98 Å². The molecule has 2 aromatic rings. The second-order valence-electron chi connectivity index (χ2n) is 5.41. The minimum atomic E-state index is 0.661. The number of hydrogen-bond acceptors (Lipinski definition) is 3. The van der Waals surface area contributed by atoms with E-state index in [-0.39, 0.29) is 0 Å². The van der Waals surface area contributed by atoms with Crippen LogP contribution in [0.3, 0.4) is 0 Å². The quantitative estimate of drug-likeness (QED) is 0.815. The molecule has 0 aliphatic rings. The number of H-pyrrole nitrogens is 1. The van der Waals surface area contributed by atoms with Gasteiger partial charge >= 0.3 is 0 Å². The van der Waals surface area contributed by atoms with E-state index < -0.39 is 0 Å². The molecule has 0 spiro atoms. The molecular formula is C16H23N3O. The first-order chi connectivity index (χ1) is 9.67. The number of methoxy groups -OCH3 is 1. The predicted molar refractivity (Wildman–Crippen MR) is 80.9 cm³/mol. The fourth-order valence-corrected chi connectivity index (χ4v) is 2.06. The zero-order valence-corrected chi connectivity index (χ0v) is 12.4. The maximum absolute atomic E-state index is 5.23. The van der Waals surface area contributed by atoms with Crippen molar-refractivity contribution < 1.29 is 4.74 Å². The van der Waals surface area contributed by atoms with Crippen molar-refractivity contribution >= 4 is 0 Å². The van der Waals surface area contributed by atoms with Gasteiger partial charge < -0.3 is 15.0 Å². The van der Waals surface area contributed by atoms with E-state index in [0.717, 1.165) is 36.8 Å². The van der Waals surface area contributed by atoms with E-state index in [1.54, 1.807) is 7.11 Å². The Morgan fingerprint density at radius 3 is 2.95 bits per heavy atom. The van der Waals surface area contributed by atoms with Gasteiger partial charge in [0.1, 0.15) is 11.6 Å². The number of aromatic amines is 1. The Morgan fingerprint density at radius 2 is 2.20 bits per heavy atom. The highest BCUT2D eigenvalue weighted by Gasteiger charge is 2.03. The first-order valence-electron chi connectivity index (χ1n) is 7.03. The number of nitrogens with one attached hydrogen (secondary N) is 2. The number of ether oxygens (including phenoxy) is 1. The van der Waals surface area contributed by atoms with Crippen LogP contribution in [0.15, 0.2) is 30.5 Å². The summed E-state index contributed by atoms with van der Waals surface area (Å²) < 4.78 is 5.23. The summed E-state index contributed by atoms with van der Waals surface area (Å²) in [5, 5.41) is 3.41. The third-order valence-electron chi connectivity index (χ3n) is 3.05. The Kier molecular flexibility index (Phi) is 5.18. The molecule has 0 fully saturated rings. The van der Waals surface area contributed by atoms with Crippen LogP contribution in [-0.2, 0) is 13.0 Å². The SMILES string of the molecule is COc1cccc(Cc2ncc(CNCC(C)C)[nH]2)c1. The van der Waals surface area contributed by atoms with E-state index in [9.17, 15) is 0 Å². The van der Waals surface area contributed by atoms with Gasteiger partial charge in [-0.3, -0.25) is 0 Å². The van der Waals surface area contributed by atoms with Gasteiger partial charge in [-0.2, -0.15) is 0 Å². The first kappa shape index (κ1) is 14.6. The molecule has 0 bridgehead atoms. The van der Waals surface area contributed by atoms with Crippen molar-refractivity contribution in [3.8, 4) is 5.75 Å². The standard InChI is InChI=1S/C16H23N3O/c1-12(2)9-17-10-14-11-18-16(19-14)8-13-5-4-6-15(7-13)20-3/h4-7,11-12,17H,8-10H2,1-3H3,(H,18,19). The number of hydrogen-bond donors (Lipinski definition) is 2. The molecule has 0 saturated carbocycles. The molecule has 1 aromatic carbocycles. The zero-order valence-electron chi connectivity index (χ0n) is 12.4. The van der Waals surface area contributed by atoms with E-state index in [0.29, 0.717) is 5.92 Å². The van der Waals surface area contributed by atoms with E-state index in [1.807, 2.05) is 24.4 Å².